The van der Waals surface area contributed by atoms with Gasteiger partial charge in [0.2, 0.25) is 0 Å². The molecule has 0 saturated carbocycles. The molecular weight excluding hydrogens is 326 g/mol. The van der Waals surface area contributed by atoms with E-state index in [-0.39, 0.29) is 4.90 Å². The van der Waals surface area contributed by atoms with Crippen molar-refractivity contribution in [2.24, 2.45) is 0 Å². The Morgan fingerprint density at radius 3 is 2.25 bits per heavy atom. The third kappa shape index (κ3) is 4.20. The highest BCUT2D eigenvalue weighted by atomic mass is 32.2. The molecule has 0 amide bonds. The van der Waals surface area contributed by atoms with E-state index in [0.29, 0.717) is 29.7 Å². The first kappa shape index (κ1) is 18.1. The molecule has 2 aromatic carbocycles. The molecule has 0 atom stereocenters. The van der Waals surface area contributed by atoms with Gasteiger partial charge in [0.05, 0.1) is 24.3 Å². The van der Waals surface area contributed by atoms with Crippen LogP contribution in [-0.2, 0) is 10.0 Å². The lowest BCUT2D eigenvalue weighted by molar-refractivity contribution is 0.311. The number of methoxy groups -OCH3 is 1. The van der Waals surface area contributed by atoms with E-state index >= 15 is 0 Å². The number of sulfonamides is 1. The van der Waals surface area contributed by atoms with E-state index in [4.69, 9.17) is 9.47 Å². The van der Waals surface area contributed by atoms with Crippen LogP contribution in [0.5, 0.6) is 11.5 Å². The molecule has 5 nitrogen and oxygen atoms in total. The van der Waals surface area contributed by atoms with E-state index in [0.717, 1.165) is 5.56 Å². The maximum Gasteiger partial charge on any atom is 0.261 e. The molecule has 2 aromatic rings. The van der Waals surface area contributed by atoms with Gasteiger partial charge in [-0.1, -0.05) is 26.0 Å². The van der Waals surface area contributed by atoms with Gasteiger partial charge in [0, 0.05) is 6.07 Å². The normalized spacial score (nSPS) is 11.4. The summed E-state index contributed by atoms with van der Waals surface area (Å²) < 4.78 is 38.3. The molecule has 1 N–H and O–H groups in total. The molecule has 0 radical (unpaired) electrons. The second kappa shape index (κ2) is 7.57. The summed E-state index contributed by atoms with van der Waals surface area (Å²) in [5.74, 6) is 1.40. The van der Waals surface area contributed by atoms with Gasteiger partial charge in [-0.3, -0.25) is 4.72 Å². The van der Waals surface area contributed by atoms with Gasteiger partial charge in [0.15, 0.2) is 11.5 Å². The fourth-order valence-corrected chi connectivity index (χ4v) is 3.30. The van der Waals surface area contributed by atoms with E-state index in [9.17, 15) is 8.42 Å². The van der Waals surface area contributed by atoms with Crippen molar-refractivity contribution >= 4 is 15.7 Å². The summed E-state index contributed by atoms with van der Waals surface area (Å²) >= 11 is 0. The average molecular weight is 349 g/mol. The van der Waals surface area contributed by atoms with E-state index in [1.165, 1.54) is 7.11 Å². The van der Waals surface area contributed by atoms with Gasteiger partial charge >= 0.3 is 0 Å². The smallest absolute Gasteiger partial charge is 0.261 e. The molecule has 0 spiro atoms. The van der Waals surface area contributed by atoms with Gasteiger partial charge in [-0.25, -0.2) is 8.42 Å². The number of hydrogen-bond acceptors (Lipinski definition) is 4. The van der Waals surface area contributed by atoms with Crippen LogP contribution in [0.25, 0.3) is 0 Å². The SMILES string of the molecule is CCOc1ccc(NS(=O)(=O)c2ccc(C(C)C)cc2)cc1OC. The Balaban J connectivity index is 2.25. The molecule has 0 aromatic heterocycles. The zero-order valence-corrected chi connectivity index (χ0v) is 15.2. The average Bonchev–Trinajstić information content (AvgIpc) is 2.56. The van der Waals surface area contributed by atoms with Crippen LogP contribution in [0.1, 0.15) is 32.3 Å². The standard InChI is InChI=1S/C18H23NO4S/c1-5-23-17-11-8-15(12-18(17)22-4)19-24(20,21)16-9-6-14(7-10-16)13(2)3/h6-13,19H,5H2,1-4H3. The molecule has 0 saturated heterocycles. The summed E-state index contributed by atoms with van der Waals surface area (Å²) in [5.41, 5.74) is 1.51. The fraction of sp³-hybridized carbons (Fsp3) is 0.333. The molecule has 6 heteroatoms. The maximum absolute atomic E-state index is 12.5. The van der Waals surface area contributed by atoms with Crippen molar-refractivity contribution in [3.05, 3.63) is 48.0 Å². The van der Waals surface area contributed by atoms with E-state index in [1.807, 2.05) is 19.1 Å². The molecule has 0 aliphatic carbocycles. The molecule has 0 aliphatic rings. The van der Waals surface area contributed by atoms with Crippen LogP contribution in [0.2, 0.25) is 0 Å². The van der Waals surface area contributed by atoms with Gasteiger partial charge in [0.25, 0.3) is 10.0 Å². The van der Waals surface area contributed by atoms with Crippen LogP contribution in [0.3, 0.4) is 0 Å². The Hall–Kier alpha value is -2.21. The highest BCUT2D eigenvalue weighted by molar-refractivity contribution is 7.92. The Morgan fingerprint density at radius 2 is 1.71 bits per heavy atom. The zero-order chi connectivity index (χ0) is 17.7. The lowest BCUT2D eigenvalue weighted by Gasteiger charge is -2.13. The van der Waals surface area contributed by atoms with Crippen LogP contribution in [0.4, 0.5) is 5.69 Å². The number of benzene rings is 2. The van der Waals surface area contributed by atoms with Crippen LogP contribution in [-0.4, -0.2) is 22.1 Å². The Labute approximate surface area is 143 Å². The largest absolute Gasteiger partial charge is 0.493 e. The fourth-order valence-electron chi connectivity index (χ4n) is 2.25. The van der Waals surface area contributed by atoms with Gasteiger partial charge < -0.3 is 9.47 Å². The number of rotatable bonds is 7. The molecular formula is C18H23NO4S. The number of anilines is 1. The van der Waals surface area contributed by atoms with Crippen molar-refractivity contribution < 1.29 is 17.9 Å². The maximum atomic E-state index is 12.5. The molecule has 0 bridgehead atoms. The summed E-state index contributed by atoms with van der Waals surface area (Å²) in [6, 6.07) is 11.8. The second-order valence-electron chi connectivity index (χ2n) is 5.63. The Morgan fingerprint density at radius 1 is 1.04 bits per heavy atom. The monoisotopic (exact) mass is 349 g/mol. The lowest BCUT2D eigenvalue weighted by atomic mass is 10.0. The highest BCUT2D eigenvalue weighted by Crippen LogP contribution is 2.31. The van der Waals surface area contributed by atoms with Gasteiger partial charge in [0.1, 0.15) is 0 Å². The van der Waals surface area contributed by atoms with Gasteiger partial charge in [-0.15, -0.1) is 0 Å². The van der Waals surface area contributed by atoms with Crippen LogP contribution in [0.15, 0.2) is 47.4 Å². The van der Waals surface area contributed by atoms with Gasteiger partial charge in [-0.2, -0.15) is 0 Å². The van der Waals surface area contributed by atoms with Crippen molar-refractivity contribution in [1.29, 1.82) is 0 Å². The summed E-state index contributed by atoms with van der Waals surface area (Å²) in [4.78, 5) is 0.222. The van der Waals surface area contributed by atoms with Crippen molar-refractivity contribution in [2.75, 3.05) is 18.4 Å². The van der Waals surface area contributed by atoms with E-state index in [1.54, 1.807) is 30.3 Å². The zero-order valence-electron chi connectivity index (χ0n) is 14.4. The minimum absolute atomic E-state index is 0.222. The van der Waals surface area contributed by atoms with Crippen LogP contribution >= 0.6 is 0 Å². The first-order valence-corrected chi connectivity index (χ1v) is 9.29. The predicted molar refractivity (Wildman–Crippen MR) is 95.5 cm³/mol. The molecule has 24 heavy (non-hydrogen) atoms. The first-order valence-electron chi connectivity index (χ1n) is 7.81. The summed E-state index contributed by atoms with van der Waals surface area (Å²) in [6.45, 7) is 6.50. The highest BCUT2D eigenvalue weighted by Gasteiger charge is 2.16. The number of hydrogen-bond donors (Lipinski definition) is 1. The second-order valence-corrected chi connectivity index (χ2v) is 7.31. The van der Waals surface area contributed by atoms with Crippen molar-refractivity contribution in [3.8, 4) is 11.5 Å². The first-order chi connectivity index (χ1) is 11.4. The third-order valence-electron chi connectivity index (χ3n) is 3.57. The summed E-state index contributed by atoms with van der Waals surface area (Å²) in [7, 11) is -2.14. The van der Waals surface area contributed by atoms with E-state index in [2.05, 4.69) is 18.6 Å². The minimum atomic E-state index is -3.65. The molecule has 0 unspecified atom stereocenters. The van der Waals surface area contributed by atoms with Crippen molar-refractivity contribution in [3.63, 3.8) is 0 Å². The molecule has 0 aliphatic heterocycles. The summed E-state index contributed by atoms with van der Waals surface area (Å²) in [6.07, 6.45) is 0. The minimum Gasteiger partial charge on any atom is -0.493 e. The number of nitrogens with one attached hydrogen (secondary N) is 1. The topological polar surface area (TPSA) is 64.6 Å². The lowest BCUT2D eigenvalue weighted by Crippen LogP contribution is -2.13. The van der Waals surface area contributed by atoms with Gasteiger partial charge in [-0.05, 0) is 42.7 Å². The van der Waals surface area contributed by atoms with Crippen molar-refractivity contribution in [2.45, 2.75) is 31.6 Å². The molecule has 0 fully saturated rings. The molecule has 2 rings (SSSR count). The third-order valence-corrected chi connectivity index (χ3v) is 4.97. The summed E-state index contributed by atoms with van der Waals surface area (Å²) in [5, 5.41) is 0. The number of ether oxygens (including phenoxy) is 2. The molecule has 130 valence electrons. The van der Waals surface area contributed by atoms with Crippen LogP contribution in [0, 0.1) is 0 Å². The Bertz CT molecular complexity index is 783. The van der Waals surface area contributed by atoms with E-state index < -0.39 is 10.0 Å². The predicted octanol–water partition coefficient (Wildman–Crippen LogP) is 4.02. The quantitative estimate of drug-likeness (QED) is 0.820. The van der Waals surface area contributed by atoms with Crippen molar-refractivity contribution in [1.82, 2.24) is 0 Å². The Kier molecular flexibility index (Phi) is 5.72. The van der Waals surface area contributed by atoms with Crippen LogP contribution < -0.4 is 14.2 Å². The molecule has 0 heterocycles.